The van der Waals surface area contributed by atoms with E-state index in [0.717, 1.165) is 31.1 Å². The van der Waals surface area contributed by atoms with E-state index in [0.29, 0.717) is 23.6 Å². The third-order valence-electron chi connectivity index (χ3n) is 4.60. The summed E-state index contributed by atoms with van der Waals surface area (Å²) >= 11 is 5.86. The smallest absolute Gasteiger partial charge is 0.234 e. The maximum atomic E-state index is 13.4. The van der Waals surface area contributed by atoms with Crippen LogP contribution in [-0.2, 0) is 0 Å². The Balaban J connectivity index is 1.74. The number of likely N-dealkylation sites (tertiary alicyclic amines) is 1. The second kappa shape index (κ2) is 8.70. The highest BCUT2D eigenvalue weighted by Gasteiger charge is 2.25. The van der Waals surface area contributed by atoms with Gasteiger partial charge < -0.3 is 10.6 Å². The summed E-state index contributed by atoms with van der Waals surface area (Å²) in [5.74, 6) is 1.34. The van der Waals surface area contributed by atoms with Gasteiger partial charge in [0.05, 0.1) is 11.1 Å². The van der Waals surface area contributed by atoms with Crippen molar-refractivity contribution < 1.29 is 4.39 Å². The molecule has 0 amide bonds. The van der Waals surface area contributed by atoms with Crippen LogP contribution in [-0.4, -0.2) is 60.6 Å². The van der Waals surface area contributed by atoms with Crippen molar-refractivity contribution in [3.63, 3.8) is 0 Å². The largest absolute Gasteiger partial charge is 0.365 e. The van der Waals surface area contributed by atoms with Gasteiger partial charge in [0.25, 0.3) is 0 Å². The maximum Gasteiger partial charge on any atom is 0.234 e. The maximum absolute atomic E-state index is 13.4. The third kappa shape index (κ3) is 4.69. The average molecular weight is 406 g/mol. The van der Waals surface area contributed by atoms with Gasteiger partial charge in [0.2, 0.25) is 11.9 Å². The van der Waals surface area contributed by atoms with Gasteiger partial charge in [-0.15, -0.1) is 0 Å². The first-order chi connectivity index (χ1) is 13.4. The molecular weight excluding hydrogens is 381 g/mol. The molecule has 0 saturated carbocycles. The van der Waals surface area contributed by atoms with Crippen LogP contribution in [0.2, 0.25) is 5.02 Å². The number of halogens is 2. The number of rotatable bonds is 5. The van der Waals surface area contributed by atoms with E-state index in [2.05, 4.69) is 37.4 Å². The Morgan fingerprint density at radius 2 is 2.11 bits per heavy atom. The van der Waals surface area contributed by atoms with Gasteiger partial charge in [-0.2, -0.15) is 4.98 Å². The zero-order valence-electron chi connectivity index (χ0n) is 16.5. The molecule has 9 heteroatoms. The summed E-state index contributed by atoms with van der Waals surface area (Å²) in [7, 11) is 3.48. The quantitative estimate of drug-likeness (QED) is 0.588. The fourth-order valence-electron chi connectivity index (χ4n) is 2.99. The molecule has 1 fully saturated rings. The molecular formula is C19H25ClFN7. The molecule has 1 aromatic heterocycles. The molecule has 3 rings (SSSR count). The number of hydrogen-bond donors (Lipinski definition) is 2. The number of guanidine groups is 1. The third-order valence-corrected chi connectivity index (χ3v) is 4.89. The molecule has 0 spiro atoms. The fourth-order valence-corrected chi connectivity index (χ4v) is 3.17. The zero-order chi connectivity index (χ0) is 20.3. The first kappa shape index (κ1) is 20.3. The number of aryl methyl sites for hydroxylation is 1. The van der Waals surface area contributed by atoms with E-state index in [4.69, 9.17) is 11.6 Å². The Hall–Kier alpha value is -2.45. The van der Waals surface area contributed by atoms with Crippen LogP contribution in [0.15, 0.2) is 29.3 Å². The normalized spacial score (nSPS) is 15.3. The summed E-state index contributed by atoms with van der Waals surface area (Å²) in [6, 6.07) is 6.74. The first-order valence-corrected chi connectivity index (χ1v) is 9.54. The molecule has 0 aliphatic carbocycles. The SMILES string of the molecule is CCN1CC(Nc2cc(C)nc(N(C)/C(=N/C)Nc3ccc(F)c(Cl)c3)n2)C1. The number of aliphatic imine (C=N–C) groups is 1. The fraction of sp³-hybridized carbons (Fsp3) is 0.421. The van der Waals surface area contributed by atoms with E-state index < -0.39 is 5.82 Å². The number of nitrogens with one attached hydrogen (secondary N) is 2. The summed E-state index contributed by atoms with van der Waals surface area (Å²) in [5.41, 5.74) is 1.48. The van der Waals surface area contributed by atoms with Crippen molar-refractivity contribution in [1.82, 2.24) is 14.9 Å². The van der Waals surface area contributed by atoms with Crippen LogP contribution >= 0.6 is 11.6 Å². The Bertz CT molecular complexity index is 867. The van der Waals surface area contributed by atoms with Crippen LogP contribution in [0.3, 0.4) is 0 Å². The molecule has 0 unspecified atom stereocenters. The molecule has 0 bridgehead atoms. The summed E-state index contributed by atoms with van der Waals surface area (Å²) in [5, 5.41) is 6.63. The van der Waals surface area contributed by atoms with Crippen molar-refractivity contribution in [1.29, 1.82) is 0 Å². The molecule has 150 valence electrons. The van der Waals surface area contributed by atoms with Gasteiger partial charge in [0.1, 0.15) is 11.6 Å². The summed E-state index contributed by atoms with van der Waals surface area (Å²) in [4.78, 5) is 17.5. The average Bonchev–Trinajstić information content (AvgIpc) is 2.64. The summed E-state index contributed by atoms with van der Waals surface area (Å²) < 4.78 is 13.4. The second-order valence-electron chi connectivity index (χ2n) is 6.75. The molecule has 1 aromatic carbocycles. The van der Waals surface area contributed by atoms with E-state index in [-0.39, 0.29) is 5.02 Å². The van der Waals surface area contributed by atoms with Crippen LogP contribution in [0.1, 0.15) is 12.6 Å². The summed E-state index contributed by atoms with van der Waals surface area (Å²) in [6.45, 7) is 7.17. The van der Waals surface area contributed by atoms with Crippen LogP contribution < -0.4 is 15.5 Å². The molecule has 7 nitrogen and oxygen atoms in total. The minimum atomic E-state index is -0.467. The highest BCUT2D eigenvalue weighted by Crippen LogP contribution is 2.21. The lowest BCUT2D eigenvalue weighted by Gasteiger charge is -2.39. The van der Waals surface area contributed by atoms with Crippen LogP contribution in [0, 0.1) is 12.7 Å². The molecule has 2 N–H and O–H groups in total. The topological polar surface area (TPSA) is 68.7 Å². The highest BCUT2D eigenvalue weighted by atomic mass is 35.5. The van der Waals surface area contributed by atoms with Gasteiger partial charge in [0, 0.05) is 44.6 Å². The van der Waals surface area contributed by atoms with E-state index in [1.165, 1.54) is 12.1 Å². The lowest BCUT2D eigenvalue weighted by atomic mass is 10.1. The van der Waals surface area contributed by atoms with Crippen molar-refractivity contribution in [3.8, 4) is 0 Å². The number of nitrogens with zero attached hydrogens (tertiary/aromatic N) is 5. The minimum Gasteiger partial charge on any atom is -0.365 e. The minimum absolute atomic E-state index is 0.0445. The predicted molar refractivity (Wildman–Crippen MR) is 113 cm³/mol. The Morgan fingerprint density at radius 1 is 1.36 bits per heavy atom. The Morgan fingerprint density at radius 3 is 2.75 bits per heavy atom. The molecule has 1 aliphatic heterocycles. The second-order valence-corrected chi connectivity index (χ2v) is 7.16. The molecule has 0 radical (unpaired) electrons. The molecule has 2 heterocycles. The van der Waals surface area contributed by atoms with Gasteiger partial charge in [-0.3, -0.25) is 14.8 Å². The molecule has 0 atom stereocenters. The van der Waals surface area contributed by atoms with Gasteiger partial charge >= 0.3 is 0 Å². The van der Waals surface area contributed by atoms with E-state index in [1.807, 2.05) is 20.0 Å². The van der Waals surface area contributed by atoms with Crippen molar-refractivity contribution in [2.45, 2.75) is 19.9 Å². The van der Waals surface area contributed by atoms with Crippen molar-refractivity contribution in [3.05, 3.63) is 40.8 Å². The van der Waals surface area contributed by atoms with E-state index >= 15 is 0 Å². The van der Waals surface area contributed by atoms with Crippen LogP contribution in [0.25, 0.3) is 0 Å². The number of anilines is 3. The molecule has 1 saturated heterocycles. The predicted octanol–water partition coefficient (Wildman–Crippen LogP) is 3.23. The highest BCUT2D eigenvalue weighted by molar-refractivity contribution is 6.31. The van der Waals surface area contributed by atoms with Crippen LogP contribution in [0.5, 0.6) is 0 Å². The lowest BCUT2D eigenvalue weighted by Crippen LogP contribution is -2.54. The zero-order valence-corrected chi connectivity index (χ0v) is 17.3. The van der Waals surface area contributed by atoms with Crippen molar-refractivity contribution in [2.24, 2.45) is 4.99 Å². The summed E-state index contributed by atoms with van der Waals surface area (Å²) in [6.07, 6.45) is 0. The standard InChI is InChI=1S/C19H25ClFN7/c1-5-28-10-14(11-28)24-17-8-12(2)23-19(26-17)27(4)18(22-3)25-13-6-7-16(21)15(20)9-13/h6-9,14H,5,10-11H2,1-4H3,(H,22,25)(H,23,24,26). The van der Waals surface area contributed by atoms with Gasteiger partial charge in [-0.25, -0.2) is 9.37 Å². The van der Waals surface area contributed by atoms with Gasteiger partial charge in [-0.1, -0.05) is 18.5 Å². The molecule has 1 aliphatic rings. The Kier molecular flexibility index (Phi) is 6.31. The van der Waals surface area contributed by atoms with Gasteiger partial charge in [-0.05, 0) is 31.7 Å². The van der Waals surface area contributed by atoms with Crippen LogP contribution in [0.4, 0.5) is 21.8 Å². The number of hydrogen-bond acceptors (Lipinski definition) is 5. The molecule has 2 aromatic rings. The van der Waals surface area contributed by atoms with E-state index in [9.17, 15) is 4.39 Å². The van der Waals surface area contributed by atoms with Crippen molar-refractivity contribution in [2.75, 3.05) is 49.3 Å². The van der Waals surface area contributed by atoms with Gasteiger partial charge in [0.15, 0.2) is 0 Å². The first-order valence-electron chi connectivity index (χ1n) is 9.16. The van der Waals surface area contributed by atoms with E-state index in [1.54, 1.807) is 18.0 Å². The lowest BCUT2D eigenvalue weighted by molar-refractivity contribution is 0.171. The molecule has 28 heavy (non-hydrogen) atoms. The Labute approximate surface area is 169 Å². The van der Waals surface area contributed by atoms with Crippen molar-refractivity contribution >= 4 is 35.0 Å². The number of benzene rings is 1. The number of aromatic nitrogens is 2. The number of likely N-dealkylation sites (N-methyl/N-ethyl adjacent to an activating group) is 1. The monoisotopic (exact) mass is 405 g/mol.